The fraction of sp³-hybridized carbons (Fsp3) is 0.143. The molecular formula is C7H7AgO3S. The van der Waals surface area contributed by atoms with Gasteiger partial charge in [0.2, 0.25) is 0 Å². The van der Waals surface area contributed by atoms with Gasteiger partial charge in [0.15, 0.2) is 0 Å². The Labute approximate surface area is 87.1 Å². The first-order valence-corrected chi connectivity index (χ1v) is 4.63. The van der Waals surface area contributed by atoms with Crippen LogP contribution in [0.5, 0.6) is 0 Å². The van der Waals surface area contributed by atoms with Crippen molar-refractivity contribution < 1.29 is 35.4 Å². The number of benzene rings is 1. The van der Waals surface area contributed by atoms with E-state index in [1.165, 1.54) is 0 Å². The summed E-state index contributed by atoms with van der Waals surface area (Å²) in [6, 6.07) is 8.37. The normalized spacial score (nSPS) is 10.4. The van der Waals surface area contributed by atoms with E-state index in [1.54, 1.807) is 30.3 Å². The second-order valence-corrected chi connectivity index (χ2v) is 3.59. The van der Waals surface area contributed by atoms with Gasteiger partial charge in [-0.2, -0.15) is 0 Å². The van der Waals surface area contributed by atoms with Crippen molar-refractivity contribution in [3.05, 3.63) is 35.9 Å². The molecule has 3 nitrogen and oxygen atoms in total. The number of hydrogen-bond acceptors (Lipinski definition) is 3. The van der Waals surface area contributed by atoms with E-state index in [9.17, 15) is 13.0 Å². The van der Waals surface area contributed by atoms with Crippen molar-refractivity contribution in [3.63, 3.8) is 0 Å². The second kappa shape index (κ2) is 4.79. The molecule has 0 spiro atoms. The van der Waals surface area contributed by atoms with Crippen molar-refractivity contribution in [2.75, 3.05) is 0 Å². The van der Waals surface area contributed by atoms with Gasteiger partial charge in [0.25, 0.3) is 0 Å². The van der Waals surface area contributed by atoms with Gasteiger partial charge in [-0.25, -0.2) is 8.42 Å². The Morgan fingerprint density at radius 2 is 1.67 bits per heavy atom. The summed E-state index contributed by atoms with van der Waals surface area (Å²) in [4.78, 5) is 0. The van der Waals surface area contributed by atoms with Crippen molar-refractivity contribution in [3.8, 4) is 0 Å². The zero-order valence-corrected chi connectivity index (χ0v) is 8.33. The van der Waals surface area contributed by atoms with E-state index < -0.39 is 15.9 Å². The van der Waals surface area contributed by atoms with Crippen LogP contribution in [0.25, 0.3) is 0 Å². The molecule has 0 unspecified atom stereocenters. The maximum Gasteiger partial charge on any atom is 1.00 e. The van der Waals surface area contributed by atoms with Gasteiger partial charge in [0, 0.05) is 0 Å². The van der Waals surface area contributed by atoms with Crippen LogP contribution in [0.15, 0.2) is 30.3 Å². The molecule has 0 aromatic heterocycles. The molecular weight excluding hydrogens is 272 g/mol. The van der Waals surface area contributed by atoms with Gasteiger partial charge in [-0.05, 0) is 5.56 Å². The summed E-state index contributed by atoms with van der Waals surface area (Å²) < 4.78 is 30.7. The van der Waals surface area contributed by atoms with E-state index in [2.05, 4.69) is 0 Å². The molecule has 0 bridgehead atoms. The summed E-state index contributed by atoms with van der Waals surface area (Å²) in [5.41, 5.74) is 0.530. The minimum atomic E-state index is -4.13. The standard InChI is InChI=1S/C7H8O3S.Ag/c8-11(9,10)6-7-4-2-1-3-5-7;/h1-5H,6H2,(H,8,9,10);/q;+1/p-1. The third-order valence-electron chi connectivity index (χ3n) is 1.19. The minimum Gasteiger partial charge on any atom is -0.748 e. The molecule has 0 aliphatic rings. The Morgan fingerprint density at radius 3 is 2.08 bits per heavy atom. The molecule has 0 atom stereocenters. The average molecular weight is 279 g/mol. The van der Waals surface area contributed by atoms with Gasteiger partial charge in [0.05, 0.1) is 15.9 Å². The maximum atomic E-state index is 10.2. The summed E-state index contributed by atoms with van der Waals surface area (Å²) >= 11 is 0. The molecule has 5 heteroatoms. The molecule has 1 aromatic rings. The van der Waals surface area contributed by atoms with Crippen molar-refractivity contribution in [1.29, 1.82) is 0 Å². The van der Waals surface area contributed by atoms with Gasteiger partial charge in [0.1, 0.15) is 0 Å². The Kier molecular flexibility index (Phi) is 4.74. The molecule has 0 amide bonds. The molecule has 0 heterocycles. The van der Waals surface area contributed by atoms with Crippen LogP contribution in [0.2, 0.25) is 0 Å². The van der Waals surface area contributed by atoms with E-state index in [-0.39, 0.29) is 22.4 Å². The van der Waals surface area contributed by atoms with Crippen LogP contribution in [0, 0.1) is 0 Å². The molecule has 0 fully saturated rings. The van der Waals surface area contributed by atoms with Crippen LogP contribution in [0.3, 0.4) is 0 Å². The smallest absolute Gasteiger partial charge is 0.748 e. The summed E-state index contributed by atoms with van der Waals surface area (Å²) in [6.07, 6.45) is 0. The molecule has 1 aromatic carbocycles. The molecule has 1 rings (SSSR count). The Hall–Kier alpha value is -0.130. The first-order valence-electron chi connectivity index (χ1n) is 3.05. The Bertz CT molecular complexity index is 320. The molecule has 0 N–H and O–H groups in total. The molecule has 0 radical (unpaired) electrons. The molecule has 0 aliphatic carbocycles. The largest absolute Gasteiger partial charge is 1.00 e. The molecule has 0 saturated carbocycles. The van der Waals surface area contributed by atoms with Crippen LogP contribution < -0.4 is 0 Å². The fourth-order valence-electron chi connectivity index (χ4n) is 0.778. The summed E-state index contributed by atoms with van der Waals surface area (Å²) in [5, 5.41) is 0. The van der Waals surface area contributed by atoms with Crippen molar-refractivity contribution >= 4 is 10.1 Å². The zero-order valence-electron chi connectivity index (χ0n) is 6.03. The molecule has 0 aliphatic heterocycles. The first-order chi connectivity index (χ1) is 5.08. The average Bonchev–Trinajstić information content (AvgIpc) is 1.85. The van der Waals surface area contributed by atoms with E-state index in [4.69, 9.17) is 0 Å². The van der Waals surface area contributed by atoms with Gasteiger partial charge < -0.3 is 4.55 Å². The van der Waals surface area contributed by atoms with E-state index in [0.29, 0.717) is 5.56 Å². The zero-order chi connectivity index (χ0) is 8.32. The Morgan fingerprint density at radius 1 is 1.17 bits per heavy atom. The van der Waals surface area contributed by atoms with Crippen LogP contribution in [-0.4, -0.2) is 13.0 Å². The SMILES string of the molecule is O=S(=O)([O-])Cc1ccccc1.[Ag+]. The first kappa shape index (κ1) is 11.9. The van der Waals surface area contributed by atoms with Gasteiger partial charge in [-0.1, -0.05) is 30.3 Å². The van der Waals surface area contributed by atoms with E-state index in [1.807, 2.05) is 0 Å². The molecule has 0 saturated heterocycles. The van der Waals surface area contributed by atoms with Crippen LogP contribution in [0.4, 0.5) is 0 Å². The van der Waals surface area contributed by atoms with Crippen molar-refractivity contribution in [1.82, 2.24) is 0 Å². The van der Waals surface area contributed by atoms with Crippen LogP contribution in [0.1, 0.15) is 5.56 Å². The molecule has 70 valence electrons. The maximum absolute atomic E-state index is 10.2. The van der Waals surface area contributed by atoms with Gasteiger partial charge in [-0.15, -0.1) is 0 Å². The summed E-state index contributed by atoms with van der Waals surface area (Å²) in [5.74, 6) is -0.423. The topological polar surface area (TPSA) is 57.2 Å². The fourth-order valence-corrected chi connectivity index (χ4v) is 1.38. The summed E-state index contributed by atoms with van der Waals surface area (Å²) in [6.45, 7) is 0. The van der Waals surface area contributed by atoms with E-state index >= 15 is 0 Å². The predicted molar refractivity (Wildman–Crippen MR) is 39.8 cm³/mol. The minimum absolute atomic E-state index is 0. The predicted octanol–water partition coefficient (Wildman–Crippen LogP) is 0.729. The quantitative estimate of drug-likeness (QED) is 0.592. The monoisotopic (exact) mass is 278 g/mol. The third-order valence-corrected chi connectivity index (χ3v) is 1.87. The van der Waals surface area contributed by atoms with Crippen molar-refractivity contribution in [2.24, 2.45) is 0 Å². The third kappa shape index (κ3) is 4.69. The number of hydrogen-bond donors (Lipinski definition) is 0. The molecule has 12 heavy (non-hydrogen) atoms. The van der Waals surface area contributed by atoms with Crippen LogP contribution in [-0.2, 0) is 38.3 Å². The Balaban J connectivity index is 0.00000121. The van der Waals surface area contributed by atoms with Crippen molar-refractivity contribution in [2.45, 2.75) is 5.75 Å². The van der Waals surface area contributed by atoms with Crippen LogP contribution >= 0.6 is 0 Å². The van der Waals surface area contributed by atoms with Gasteiger partial charge in [-0.3, -0.25) is 0 Å². The number of rotatable bonds is 2. The second-order valence-electron chi connectivity index (χ2n) is 2.19. The summed E-state index contributed by atoms with van der Waals surface area (Å²) in [7, 11) is -4.13. The van der Waals surface area contributed by atoms with E-state index in [0.717, 1.165) is 0 Å². The van der Waals surface area contributed by atoms with Gasteiger partial charge >= 0.3 is 22.4 Å².